The Hall–Kier alpha value is -0.930. The summed E-state index contributed by atoms with van der Waals surface area (Å²) in [7, 11) is 1.93. The SMILES string of the molecule is CNC(c1ccc(F)c(C)c1)C1CCC(C)O1. The molecule has 1 fully saturated rings. The molecular formula is C14H20FNO. The number of hydrogen-bond acceptors (Lipinski definition) is 2. The fraction of sp³-hybridized carbons (Fsp3) is 0.571. The molecule has 0 spiro atoms. The lowest BCUT2D eigenvalue weighted by atomic mass is 9.97. The average molecular weight is 237 g/mol. The van der Waals surface area contributed by atoms with Crippen molar-refractivity contribution in [2.24, 2.45) is 0 Å². The van der Waals surface area contributed by atoms with E-state index < -0.39 is 0 Å². The monoisotopic (exact) mass is 237 g/mol. The predicted octanol–water partition coefficient (Wildman–Crippen LogP) is 2.96. The molecule has 94 valence electrons. The van der Waals surface area contributed by atoms with Crippen LogP contribution in [-0.2, 0) is 4.74 Å². The molecule has 1 saturated heterocycles. The van der Waals surface area contributed by atoms with Crippen LogP contribution in [0.15, 0.2) is 18.2 Å². The summed E-state index contributed by atoms with van der Waals surface area (Å²) in [6, 6.07) is 5.44. The molecule has 1 aromatic rings. The van der Waals surface area contributed by atoms with Crippen LogP contribution in [-0.4, -0.2) is 19.3 Å². The molecule has 0 aromatic heterocycles. The van der Waals surface area contributed by atoms with Crippen LogP contribution in [0.5, 0.6) is 0 Å². The third-order valence-electron chi connectivity index (χ3n) is 3.49. The van der Waals surface area contributed by atoms with Gasteiger partial charge in [0, 0.05) is 0 Å². The van der Waals surface area contributed by atoms with Crippen LogP contribution in [0.1, 0.15) is 36.9 Å². The third-order valence-corrected chi connectivity index (χ3v) is 3.49. The van der Waals surface area contributed by atoms with E-state index in [-0.39, 0.29) is 18.0 Å². The van der Waals surface area contributed by atoms with Crippen molar-refractivity contribution in [3.05, 3.63) is 35.1 Å². The number of ether oxygens (including phenoxy) is 1. The fourth-order valence-electron chi connectivity index (χ4n) is 2.51. The minimum atomic E-state index is -0.149. The Bertz CT molecular complexity index is 394. The fourth-order valence-corrected chi connectivity index (χ4v) is 2.51. The summed E-state index contributed by atoms with van der Waals surface area (Å²) in [6.45, 7) is 3.90. The van der Waals surface area contributed by atoms with E-state index in [1.165, 1.54) is 6.07 Å². The summed E-state index contributed by atoms with van der Waals surface area (Å²) >= 11 is 0. The molecule has 0 saturated carbocycles. The van der Waals surface area contributed by atoms with Gasteiger partial charge in [0.15, 0.2) is 0 Å². The molecule has 1 heterocycles. The maximum atomic E-state index is 13.3. The quantitative estimate of drug-likeness (QED) is 0.872. The molecular weight excluding hydrogens is 217 g/mol. The van der Waals surface area contributed by atoms with Crippen molar-refractivity contribution in [2.75, 3.05) is 7.05 Å². The molecule has 0 amide bonds. The molecule has 2 rings (SSSR count). The van der Waals surface area contributed by atoms with Gasteiger partial charge in [0.25, 0.3) is 0 Å². The molecule has 17 heavy (non-hydrogen) atoms. The van der Waals surface area contributed by atoms with Crippen molar-refractivity contribution in [3.8, 4) is 0 Å². The summed E-state index contributed by atoms with van der Waals surface area (Å²) in [4.78, 5) is 0. The largest absolute Gasteiger partial charge is 0.373 e. The second kappa shape index (κ2) is 5.15. The lowest BCUT2D eigenvalue weighted by molar-refractivity contribution is 0.0333. The van der Waals surface area contributed by atoms with Gasteiger partial charge >= 0.3 is 0 Å². The first-order chi connectivity index (χ1) is 8.11. The molecule has 1 aliphatic rings. The van der Waals surface area contributed by atoms with Crippen molar-refractivity contribution in [1.29, 1.82) is 0 Å². The first-order valence-corrected chi connectivity index (χ1v) is 6.20. The summed E-state index contributed by atoms with van der Waals surface area (Å²) in [5.41, 5.74) is 1.79. The van der Waals surface area contributed by atoms with Crippen LogP contribution in [0.2, 0.25) is 0 Å². The molecule has 2 nitrogen and oxygen atoms in total. The van der Waals surface area contributed by atoms with Crippen LogP contribution in [0.25, 0.3) is 0 Å². The molecule has 3 unspecified atom stereocenters. The van der Waals surface area contributed by atoms with Crippen LogP contribution in [0, 0.1) is 12.7 Å². The topological polar surface area (TPSA) is 21.3 Å². The Morgan fingerprint density at radius 3 is 2.71 bits per heavy atom. The van der Waals surface area contributed by atoms with Crippen LogP contribution in [0.3, 0.4) is 0 Å². The van der Waals surface area contributed by atoms with E-state index in [0.717, 1.165) is 18.4 Å². The minimum absolute atomic E-state index is 0.149. The number of aryl methyl sites for hydroxylation is 1. The van der Waals surface area contributed by atoms with E-state index >= 15 is 0 Å². The Morgan fingerprint density at radius 1 is 1.41 bits per heavy atom. The number of hydrogen-bond donors (Lipinski definition) is 1. The number of nitrogens with one attached hydrogen (secondary N) is 1. The zero-order valence-corrected chi connectivity index (χ0v) is 10.7. The minimum Gasteiger partial charge on any atom is -0.373 e. The highest BCUT2D eigenvalue weighted by Gasteiger charge is 2.29. The second-order valence-corrected chi connectivity index (χ2v) is 4.84. The number of benzene rings is 1. The van der Waals surface area contributed by atoms with Crippen LogP contribution < -0.4 is 5.32 Å². The molecule has 3 atom stereocenters. The number of likely N-dealkylation sites (N-methyl/N-ethyl adjacent to an activating group) is 1. The highest BCUT2D eigenvalue weighted by atomic mass is 19.1. The van der Waals surface area contributed by atoms with Gasteiger partial charge in [-0.3, -0.25) is 0 Å². The zero-order chi connectivity index (χ0) is 12.4. The maximum Gasteiger partial charge on any atom is 0.126 e. The van der Waals surface area contributed by atoms with E-state index in [0.29, 0.717) is 11.7 Å². The lowest BCUT2D eigenvalue weighted by Crippen LogP contribution is -2.29. The Morgan fingerprint density at radius 2 is 2.18 bits per heavy atom. The van der Waals surface area contributed by atoms with Gasteiger partial charge in [-0.05, 0) is 50.9 Å². The van der Waals surface area contributed by atoms with Gasteiger partial charge in [0.05, 0.1) is 18.2 Å². The normalized spacial score (nSPS) is 26.1. The van der Waals surface area contributed by atoms with Crippen molar-refractivity contribution in [1.82, 2.24) is 5.32 Å². The highest BCUT2D eigenvalue weighted by molar-refractivity contribution is 5.27. The van der Waals surface area contributed by atoms with Gasteiger partial charge in [-0.1, -0.05) is 12.1 Å². The lowest BCUT2D eigenvalue weighted by Gasteiger charge is -2.24. The van der Waals surface area contributed by atoms with Gasteiger partial charge in [-0.25, -0.2) is 4.39 Å². The maximum absolute atomic E-state index is 13.3. The van der Waals surface area contributed by atoms with E-state index in [2.05, 4.69) is 12.2 Å². The van der Waals surface area contributed by atoms with Crippen molar-refractivity contribution < 1.29 is 9.13 Å². The average Bonchev–Trinajstić information content (AvgIpc) is 2.71. The van der Waals surface area contributed by atoms with Gasteiger partial charge in [-0.2, -0.15) is 0 Å². The van der Waals surface area contributed by atoms with Crippen molar-refractivity contribution >= 4 is 0 Å². The van der Waals surface area contributed by atoms with Gasteiger partial charge < -0.3 is 10.1 Å². The summed E-state index contributed by atoms with van der Waals surface area (Å²) < 4.78 is 19.1. The Labute approximate surface area is 102 Å². The second-order valence-electron chi connectivity index (χ2n) is 4.84. The van der Waals surface area contributed by atoms with Gasteiger partial charge in [-0.15, -0.1) is 0 Å². The third kappa shape index (κ3) is 2.67. The molecule has 1 aromatic carbocycles. The van der Waals surface area contributed by atoms with E-state index in [1.807, 2.05) is 19.2 Å². The summed E-state index contributed by atoms with van der Waals surface area (Å²) in [5.74, 6) is -0.149. The molecule has 3 heteroatoms. The van der Waals surface area contributed by atoms with Gasteiger partial charge in [0.1, 0.15) is 5.82 Å². The molecule has 1 aliphatic heterocycles. The summed E-state index contributed by atoms with van der Waals surface area (Å²) in [6.07, 6.45) is 2.68. The van der Waals surface area contributed by atoms with E-state index in [9.17, 15) is 4.39 Å². The number of rotatable bonds is 3. The first kappa shape index (κ1) is 12.5. The van der Waals surface area contributed by atoms with E-state index in [4.69, 9.17) is 4.74 Å². The van der Waals surface area contributed by atoms with E-state index in [1.54, 1.807) is 6.92 Å². The smallest absolute Gasteiger partial charge is 0.126 e. The zero-order valence-electron chi connectivity index (χ0n) is 10.7. The van der Waals surface area contributed by atoms with Crippen LogP contribution >= 0.6 is 0 Å². The molecule has 0 bridgehead atoms. The van der Waals surface area contributed by atoms with Crippen molar-refractivity contribution in [2.45, 2.75) is 44.9 Å². The molecule has 1 N–H and O–H groups in total. The van der Waals surface area contributed by atoms with Crippen molar-refractivity contribution in [3.63, 3.8) is 0 Å². The Kier molecular flexibility index (Phi) is 3.79. The Balaban J connectivity index is 2.20. The highest BCUT2D eigenvalue weighted by Crippen LogP contribution is 2.30. The predicted molar refractivity (Wildman–Crippen MR) is 66.5 cm³/mol. The standard InChI is InChI=1S/C14H20FNO/c1-9-8-11(5-6-12(9)15)14(16-3)13-7-4-10(2)17-13/h5-6,8,10,13-14,16H,4,7H2,1-3H3. The summed E-state index contributed by atoms with van der Waals surface area (Å²) in [5, 5.41) is 3.28. The van der Waals surface area contributed by atoms with Gasteiger partial charge in [0.2, 0.25) is 0 Å². The number of halogens is 1. The first-order valence-electron chi connectivity index (χ1n) is 6.20. The molecule has 0 aliphatic carbocycles. The molecule has 0 radical (unpaired) electrons. The van der Waals surface area contributed by atoms with Crippen LogP contribution in [0.4, 0.5) is 4.39 Å².